The minimum absolute atomic E-state index is 0.148. The number of ether oxygens (including phenoxy) is 1. The average molecular weight is 612 g/mol. The molecular weight excluding hydrogens is 562 g/mol. The van der Waals surface area contributed by atoms with Crippen LogP contribution < -0.4 is 10.6 Å². The fraction of sp³-hybridized carbons (Fsp3) is 0.793. The van der Waals surface area contributed by atoms with E-state index < -0.39 is 84.9 Å². The number of nitrogens with zero attached hydrogens (tertiary/aromatic N) is 3. The Morgan fingerprint density at radius 2 is 1.63 bits per heavy atom. The van der Waals surface area contributed by atoms with Crippen LogP contribution in [-0.2, 0) is 33.5 Å². The number of hydrogen-bond donors (Lipinski definition) is 4. The molecule has 2 aliphatic rings. The molecule has 0 bridgehead atoms. The third-order valence-electron chi connectivity index (χ3n) is 8.45. The number of esters is 1. The van der Waals surface area contributed by atoms with Crippen molar-refractivity contribution in [1.82, 2.24) is 25.3 Å². The first-order valence-corrected chi connectivity index (χ1v) is 15.1. The molecule has 0 aromatic heterocycles. The summed E-state index contributed by atoms with van der Waals surface area (Å²) in [7, 11) is 2.96. The van der Waals surface area contributed by atoms with Crippen molar-refractivity contribution >= 4 is 35.5 Å². The van der Waals surface area contributed by atoms with Gasteiger partial charge in [-0.2, -0.15) is 0 Å². The van der Waals surface area contributed by atoms with Crippen LogP contribution in [0.2, 0.25) is 0 Å². The highest BCUT2D eigenvalue weighted by Gasteiger charge is 2.43. The van der Waals surface area contributed by atoms with Gasteiger partial charge in [-0.25, -0.2) is 0 Å². The van der Waals surface area contributed by atoms with Gasteiger partial charge in [0.15, 0.2) is 6.10 Å². The van der Waals surface area contributed by atoms with Crippen molar-refractivity contribution in [2.45, 2.75) is 103 Å². The molecule has 0 aliphatic carbocycles. The Bertz CT molecular complexity index is 1040. The molecule has 43 heavy (non-hydrogen) atoms. The Morgan fingerprint density at radius 1 is 0.977 bits per heavy atom. The molecule has 7 atom stereocenters. The molecule has 2 fully saturated rings. The summed E-state index contributed by atoms with van der Waals surface area (Å²) in [6, 6.07) is -3.84. The lowest BCUT2D eigenvalue weighted by atomic mass is 9.94. The number of fused-ring (bicyclic) bond motifs is 1. The van der Waals surface area contributed by atoms with E-state index in [0.717, 1.165) is 0 Å². The van der Waals surface area contributed by atoms with Crippen LogP contribution in [0, 0.1) is 11.8 Å². The minimum atomic E-state index is -1.48. The van der Waals surface area contributed by atoms with Gasteiger partial charge in [-0.05, 0) is 31.6 Å². The molecule has 244 valence electrons. The van der Waals surface area contributed by atoms with E-state index in [1.165, 1.54) is 35.7 Å². The fourth-order valence-electron chi connectivity index (χ4n) is 5.42. The van der Waals surface area contributed by atoms with Crippen molar-refractivity contribution in [2.75, 3.05) is 33.8 Å². The zero-order valence-corrected chi connectivity index (χ0v) is 26.4. The summed E-state index contributed by atoms with van der Waals surface area (Å²) in [5.41, 5.74) is 0. The van der Waals surface area contributed by atoms with E-state index in [-0.39, 0.29) is 31.3 Å². The second-order valence-corrected chi connectivity index (χ2v) is 11.9. The lowest BCUT2D eigenvalue weighted by Crippen LogP contribution is -2.60. The highest BCUT2D eigenvalue weighted by Crippen LogP contribution is 2.23. The predicted molar refractivity (Wildman–Crippen MR) is 155 cm³/mol. The summed E-state index contributed by atoms with van der Waals surface area (Å²) in [6.45, 7) is 8.14. The summed E-state index contributed by atoms with van der Waals surface area (Å²) < 4.78 is 5.38. The number of hydrogen-bond acceptors (Lipinski definition) is 9. The van der Waals surface area contributed by atoms with Crippen molar-refractivity contribution in [1.29, 1.82) is 0 Å². The van der Waals surface area contributed by atoms with Gasteiger partial charge in [0, 0.05) is 33.6 Å². The van der Waals surface area contributed by atoms with Gasteiger partial charge in [0.25, 0.3) is 5.91 Å². The Kier molecular flexibility index (Phi) is 13.4. The normalized spacial score (nSPS) is 28.9. The Balaban J connectivity index is 2.54. The van der Waals surface area contributed by atoms with Crippen LogP contribution in [0.25, 0.3) is 0 Å². The lowest BCUT2D eigenvalue weighted by molar-refractivity contribution is -0.163. The first-order valence-electron chi connectivity index (χ1n) is 15.1. The predicted octanol–water partition coefficient (Wildman–Crippen LogP) is -0.987. The SMILES string of the molecule is CC[C@H](C)[C@@H]1NC(=O)[C@H]2CCCN2C(=O)[C@@H](C[C@H](O)CO)OC(=O)CCNC(=O)[C@@H](C)N(C)C(=O)[C@@H](C(C)C)N(C)C1=O. The molecule has 4 N–H and O–H groups in total. The highest BCUT2D eigenvalue weighted by molar-refractivity contribution is 5.96. The maximum Gasteiger partial charge on any atom is 0.308 e. The van der Waals surface area contributed by atoms with Crippen LogP contribution in [0.1, 0.15) is 66.7 Å². The molecule has 5 amide bonds. The number of carbonyl (C=O) groups excluding carboxylic acids is 6. The maximum absolute atomic E-state index is 13.9. The molecule has 2 saturated heterocycles. The van der Waals surface area contributed by atoms with Crippen LogP contribution in [-0.4, -0.2) is 131 Å². The molecule has 0 spiro atoms. The van der Waals surface area contributed by atoms with Gasteiger partial charge in [0.1, 0.15) is 24.2 Å². The molecule has 14 heteroatoms. The van der Waals surface area contributed by atoms with E-state index in [1.807, 2.05) is 6.92 Å². The second kappa shape index (κ2) is 16.0. The number of carbonyl (C=O) groups is 6. The van der Waals surface area contributed by atoms with Gasteiger partial charge < -0.3 is 40.3 Å². The number of nitrogens with one attached hydrogen (secondary N) is 2. The monoisotopic (exact) mass is 611 g/mol. The standard InChI is InChI=1S/C29H49N5O9/c1-8-17(4)23-28(41)33(7)24(16(2)3)29(42)32(6)18(5)25(38)30-12-11-22(37)43-21(14-19(36)15-35)27(40)34-13-9-10-20(34)26(39)31-23/h16-21,23-24,35-36H,8-15H2,1-7H3,(H,30,38)(H,31,39)/t17-,18+,19-,20+,21+,23-,24+/m0/s1. The second-order valence-electron chi connectivity index (χ2n) is 11.9. The molecule has 0 aromatic rings. The molecular formula is C29H49N5O9. The number of aliphatic hydroxyl groups excluding tert-OH is 2. The molecule has 2 aliphatic heterocycles. The zero-order valence-electron chi connectivity index (χ0n) is 26.4. The van der Waals surface area contributed by atoms with E-state index in [9.17, 15) is 39.0 Å². The number of aliphatic hydroxyl groups is 2. The fourth-order valence-corrected chi connectivity index (χ4v) is 5.42. The quantitative estimate of drug-likeness (QED) is 0.274. The van der Waals surface area contributed by atoms with Gasteiger partial charge in [0.2, 0.25) is 23.6 Å². The molecule has 0 saturated carbocycles. The first-order chi connectivity index (χ1) is 20.2. The summed E-state index contributed by atoms with van der Waals surface area (Å²) in [5.74, 6) is -4.22. The van der Waals surface area contributed by atoms with Gasteiger partial charge in [-0.3, -0.25) is 28.8 Å². The van der Waals surface area contributed by atoms with Gasteiger partial charge in [-0.1, -0.05) is 34.1 Å². The molecule has 0 unspecified atom stereocenters. The highest BCUT2D eigenvalue weighted by atomic mass is 16.5. The van der Waals surface area contributed by atoms with E-state index in [2.05, 4.69) is 10.6 Å². The number of amides is 5. The maximum atomic E-state index is 13.9. The molecule has 0 aromatic carbocycles. The van der Waals surface area contributed by atoms with Crippen molar-refractivity contribution in [3.8, 4) is 0 Å². The van der Waals surface area contributed by atoms with Crippen molar-refractivity contribution in [3.05, 3.63) is 0 Å². The molecule has 2 rings (SSSR count). The van der Waals surface area contributed by atoms with E-state index in [4.69, 9.17) is 4.74 Å². The van der Waals surface area contributed by atoms with Crippen LogP contribution in [0.15, 0.2) is 0 Å². The van der Waals surface area contributed by atoms with Crippen LogP contribution in [0.5, 0.6) is 0 Å². The Labute approximate surface area is 253 Å². The van der Waals surface area contributed by atoms with E-state index >= 15 is 0 Å². The Hall–Kier alpha value is -3.26. The van der Waals surface area contributed by atoms with Crippen molar-refractivity contribution < 1.29 is 43.7 Å². The molecule has 14 nitrogen and oxygen atoms in total. The summed E-state index contributed by atoms with van der Waals surface area (Å²) >= 11 is 0. The number of cyclic esters (lactones) is 1. The molecule has 0 radical (unpaired) electrons. The Morgan fingerprint density at radius 3 is 2.21 bits per heavy atom. The van der Waals surface area contributed by atoms with Gasteiger partial charge >= 0.3 is 5.97 Å². The first kappa shape index (κ1) is 35.9. The number of likely N-dealkylation sites (N-methyl/N-ethyl adjacent to an activating group) is 2. The third kappa shape index (κ3) is 8.88. The summed E-state index contributed by atoms with van der Waals surface area (Å²) in [5, 5.41) is 24.8. The zero-order chi connectivity index (χ0) is 32.6. The van der Waals surface area contributed by atoms with Crippen LogP contribution in [0.3, 0.4) is 0 Å². The third-order valence-corrected chi connectivity index (χ3v) is 8.45. The minimum Gasteiger partial charge on any atom is -0.452 e. The van der Waals surface area contributed by atoms with Crippen molar-refractivity contribution in [2.24, 2.45) is 11.8 Å². The average Bonchev–Trinajstić information content (AvgIpc) is 3.46. The number of rotatable bonds is 6. The molecule has 2 heterocycles. The van der Waals surface area contributed by atoms with Gasteiger partial charge in [0.05, 0.1) is 19.1 Å². The van der Waals surface area contributed by atoms with E-state index in [0.29, 0.717) is 19.3 Å². The summed E-state index contributed by atoms with van der Waals surface area (Å²) in [4.78, 5) is 84.1. The van der Waals surface area contributed by atoms with E-state index in [1.54, 1.807) is 20.8 Å². The smallest absolute Gasteiger partial charge is 0.308 e. The van der Waals surface area contributed by atoms with Gasteiger partial charge in [-0.15, -0.1) is 0 Å². The largest absolute Gasteiger partial charge is 0.452 e. The topological polar surface area (TPSA) is 186 Å². The van der Waals surface area contributed by atoms with Crippen molar-refractivity contribution in [3.63, 3.8) is 0 Å². The lowest BCUT2D eigenvalue weighted by Gasteiger charge is -2.38. The van der Waals surface area contributed by atoms with Crippen LogP contribution in [0.4, 0.5) is 0 Å². The summed E-state index contributed by atoms with van der Waals surface area (Å²) in [6.07, 6.45) is -2.21. The van der Waals surface area contributed by atoms with Crippen LogP contribution >= 0.6 is 0 Å².